The van der Waals surface area contributed by atoms with Crippen molar-refractivity contribution in [3.63, 3.8) is 0 Å². The van der Waals surface area contributed by atoms with Crippen molar-refractivity contribution in [1.29, 1.82) is 5.26 Å². The lowest BCUT2D eigenvalue weighted by Gasteiger charge is -2.02. The predicted octanol–water partition coefficient (Wildman–Crippen LogP) is 3.56. The summed E-state index contributed by atoms with van der Waals surface area (Å²) in [4.78, 5) is 23.1. The van der Waals surface area contributed by atoms with Crippen molar-refractivity contribution in [2.75, 3.05) is 11.1 Å². The summed E-state index contributed by atoms with van der Waals surface area (Å²) < 4.78 is 0. The van der Waals surface area contributed by atoms with E-state index in [1.807, 2.05) is 32.9 Å². The molecule has 1 aromatic carbocycles. The van der Waals surface area contributed by atoms with Gasteiger partial charge in [0.05, 0.1) is 17.0 Å². The second-order valence-corrected chi connectivity index (χ2v) is 7.49. The molecule has 7 nitrogen and oxygen atoms in total. The Hall–Kier alpha value is -3.18. The van der Waals surface area contributed by atoms with Gasteiger partial charge in [-0.2, -0.15) is 5.26 Å². The fourth-order valence-corrected chi connectivity index (χ4v) is 3.52. The summed E-state index contributed by atoms with van der Waals surface area (Å²) in [5.41, 5.74) is 5.05. The summed E-state index contributed by atoms with van der Waals surface area (Å²) in [6.45, 7) is 5.65. The van der Waals surface area contributed by atoms with Crippen molar-refractivity contribution >= 4 is 23.5 Å². The molecule has 0 aliphatic heterocycles. The van der Waals surface area contributed by atoms with Crippen molar-refractivity contribution in [2.24, 2.45) is 0 Å². The van der Waals surface area contributed by atoms with Crippen LogP contribution in [0.3, 0.4) is 0 Å². The van der Waals surface area contributed by atoms with Gasteiger partial charge in [-0.05, 0) is 44.0 Å². The number of nitrogens with one attached hydrogen (secondary N) is 3. The number of H-pyrrole nitrogens is 2. The molecule has 0 spiro atoms. The highest BCUT2D eigenvalue weighted by Gasteiger charge is 2.15. The van der Waals surface area contributed by atoms with Crippen molar-refractivity contribution in [1.82, 2.24) is 15.0 Å². The van der Waals surface area contributed by atoms with Gasteiger partial charge in [0.2, 0.25) is 5.91 Å². The Morgan fingerprint density at radius 2 is 1.93 bits per heavy atom. The molecule has 2 heterocycles. The molecule has 3 rings (SSSR count). The SMILES string of the molecule is Cc1[nH]c(SCC(=O)Nc2[nH]c(C)c(C)c2C#N)nc1Cc1ccc(O)cc1. The van der Waals surface area contributed by atoms with Crippen LogP contribution in [-0.2, 0) is 11.2 Å². The van der Waals surface area contributed by atoms with Crippen LogP contribution >= 0.6 is 11.8 Å². The lowest BCUT2D eigenvalue weighted by molar-refractivity contribution is -0.113. The summed E-state index contributed by atoms with van der Waals surface area (Å²) in [7, 11) is 0. The van der Waals surface area contributed by atoms with Crippen LogP contribution in [0, 0.1) is 32.1 Å². The number of aromatic hydroxyl groups is 1. The van der Waals surface area contributed by atoms with E-state index in [1.54, 1.807) is 12.1 Å². The molecular formula is C20H21N5O2S. The number of aryl methyl sites for hydroxylation is 2. The quantitative estimate of drug-likeness (QED) is 0.476. The van der Waals surface area contributed by atoms with Crippen molar-refractivity contribution in [3.8, 4) is 11.8 Å². The van der Waals surface area contributed by atoms with Gasteiger partial charge in [-0.3, -0.25) is 4.79 Å². The number of rotatable bonds is 6. The third-order valence-electron chi connectivity index (χ3n) is 4.49. The number of benzene rings is 1. The summed E-state index contributed by atoms with van der Waals surface area (Å²) in [6, 6.07) is 9.13. The van der Waals surface area contributed by atoms with Crippen LogP contribution in [0.25, 0.3) is 0 Å². The second-order valence-electron chi connectivity index (χ2n) is 6.53. The summed E-state index contributed by atoms with van der Waals surface area (Å²) >= 11 is 1.30. The van der Waals surface area contributed by atoms with Crippen LogP contribution in [0.4, 0.5) is 5.82 Å². The number of aromatic nitrogens is 3. The van der Waals surface area contributed by atoms with E-state index in [2.05, 4.69) is 26.3 Å². The van der Waals surface area contributed by atoms with Crippen LogP contribution in [0.15, 0.2) is 29.4 Å². The van der Waals surface area contributed by atoms with E-state index < -0.39 is 0 Å². The summed E-state index contributed by atoms with van der Waals surface area (Å²) in [5.74, 6) is 0.633. The number of hydrogen-bond donors (Lipinski definition) is 4. The normalized spacial score (nSPS) is 10.6. The Kier molecular flexibility index (Phi) is 5.76. The maximum Gasteiger partial charge on any atom is 0.235 e. The van der Waals surface area contributed by atoms with E-state index >= 15 is 0 Å². The third-order valence-corrected chi connectivity index (χ3v) is 5.36. The highest BCUT2D eigenvalue weighted by molar-refractivity contribution is 7.99. The number of amides is 1. The molecular weight excluding hydrogens is 374 g/mol. The van der Waals surface area contributed by atoms with E-state index in [1.165, 1.54) is 11.8 Å². The fraction of sp³-hybridized carbons (Fsp3) is 0.250. The first kappa shape index (κ1) is 19.6. The molecule has 0 saturated heterocycles. The molecule has 0 radical (unpaired) electrons. The van der Waals surface area contributed by atoms with Crippen LogP contribution in [-0.4, -0.2) is 31.7 Å². The van der Waals surface area contributed by atoms with E-state index in [4.69, 9.17) is 0 Å². The monoisotopic (exact) mass is 395 g/mol. The number of hydrogen-bond acceptors (Lipinski definition) is 5. The number of phenols is 1. The van der Waals surface area contributed by atoms with Crippen molar-refractivity contribution < 1.29 is 9.90 Å². The minimum Gasteiger partial charge on any atom is -0.508 e. The minimum absolute atomic E-state index is 0.174. The maximum absolute atomic E-state index is 12.3. The molecule has 0 bridgehead atoms. The van der Waals surface area contributed by atoms with Crippen molar-refractivity contribution in [3.05, 3.63) is 58.0 Å². The van der Waals surface area contributed by atoms with Crippen LogP contribution in [0.1, 0.15) is 33.8 Å². The molecule has 8 heteroatoms. The Morgan fingerprint density at radius 3 is 2.61 bits per heavy atom. The lowest BCUT2D eigenvalue weighted by atomic mass is 10.1. The highest BCUT2D eigenvalue weighted by atomic mass is 32.2. The topological polar surface area (TPSA) is 118 Å². The molecule has 2 aromatic heterocycles. The van der Waals surface area contributed by atoms with Gasteiger partial charge >= 0.3 is 0 Å². The zero-order valence-corrected chi connectivity index (χ0v) is 16.7. The molecule has 28 heavy (non-hydrogen) atoms. The van der Waals surface area contributed by atoms with Crippen molar-refractivity contribution in [2.45, 2.75) is 32.3 Å². The van der Waals surface area contributed by atoms with Gasteiger partial charge in [-0.25, -0.2) is 4.98 Å². The maximum atomic E-state index is 12.3. The molecule has 1 amide bonds. The predicted molar refractivity (Wildman–Crippen MR) is 109 cm³/mol. The number of nitriles is 1. The number of phenolic OH excluding ortho intramolecular Hbond substituents is 1. The molecule has 0 unspecified atom stereocenters. The van der Waals surface area contributed by atoms with Gasteiger partial charge in [0, 0.05) is 17.8 Å². The first-order valence-electron chi connectivity index (χ1n) is 8.72. The molecule has 3 aromatic rings. The smallest absolute Gasteiger partial charge is 0.235 e. The van der Waals surface area contributed by atoms with E-state index in [9.17, 15) is 15.2 Å². The zero-order chi connectivity index (χ0) is 20.3. The van der Waals surface area contributed by atoms with Gasteiger partial charge in [0.1, 0.15) is 17.6 Å². The van der Waals surface area contributed by atoms with E-state index in [-0.39, 0.29) is 17.4 Å². The molecule has 4 N–H and O–H groups in total. The number of carbonyl (C=O) groups is 1. The molecule has 0 saturated carbocycles. The Balaban J connectivity index is 1.60. The molecule has 144 valence electrons. The molecule has 0 fully saturated rings. The number of anilines is 1. The second kappa shape index (κ2) is 8.23. The third kappa shape index (κ3) is 4.38. The van der Waals surface area contributed by atoms with Gasteiger partial charge in [0.25, 0.3) is 0 Å². The number of carbonyl (C=O) groups excluding carboxylic acids is 1. The minimum atomic E-state index is -0.211. The molecule has 0 aliphatic carbocycles. The number of nitrogens with zero attached hydrogens (tertiary/aromatic N) is 2. The highest BCUT2D eigenvalue weighted by Crippen LogP contribution is 2.23. The zero-order valence-electron chi connectivity index (χ0n) is 15.9. The fourth-order valence-electron chi connectivity index (χ4n) is 2.78. The van der Waals surface area contributed by atoms with Crippen LogP contribution < -0.4 is 5.32 Å². The average Bonchev–Trinajstić information content (AvgIpc) is 3.14. The van der Waals surface area contributed by atoms with Crippen LogP contribution in [0.5, 0.6) is 5.75 Å². The molecule has 0 atom stereocenters. The van der Waals surface area contributed by atoms with Gasteiger partial charge in [-0.15, -0.1) is 0 Å². The standard InChI is InChI=1S/C20H21N5O2S/c1-11-12(2)22-19(16(11)9-21)25-18(27)10-28-20-23-13(3)17(24-20)8-14-4-6-15(26)7-5-14/h4-7,22,26H,8,10H2,1-3H3,(H,23,24)(H,25,27). The van der Waals surface area contributed by atoms with E-state index in [0.717, 1.165) is 28.2 Å². The largest absolute Gasteiger partial charge is 0.508 e. The first-order chi connectivity index (χ1) is 13.4. The average molecular weight is 395 g/mol. The van der Waals surface area contributed by atoms with Gasteiger partial charge in [0.15, 0.2) is 5.16 Å². The van der Waals surface area contributed by atoms with Gasteiger partial charge in [-0.1, -0.05) is 23.9 Å². The van der Waals surface area contributed by atoms with E-state index in [0.29, 0.717) is 23.0 Å². The summed E-state index contributed by atoms with van der Waals surface area (Å²) in [5, 5.41) is 22.0. The number of imidazole rings is 1. The Labute approximate surface area is 167 Å². The Morgan fingerprint density at radius 1 is 1.21 bits per heavy atom. The van der Waals surface area contributed by atoms with Gasteiger partial charge < -0.3 is 20.4 Å². The Bertz CT molecular complexity index is 1040. The number of thioether (sulfide) groups is 1. The first-order valence-corrected chi connectivity index (χ1v) is 9.71. The lowest BCUT2D eigenvalue weighted by Crippen LogP contribution is -2.15. The number of aromatic amines is 2. The van der Waals surface area contributed by atoms with Crippen LogP contribution in [0.2, 0.25) is 0 Å². The summed E-state index contributed by atoms with van der Waals surface area (Å²) in [6.07, 6.45) is 0.641. The molecule has 0 aliphatic rings.